The number of hydrogen-bond donors (Lipinski definition) is 2. The van der Waals surface area contributed by atoms with Crippen molar-refractivity contribution in [1.82, 2.24) is 9.97 Å². The van der Waals surface area contributed by atoms with Gasteiger partial charge in [0.1, 0.15) is 11.9 Å². The first-order valence-electron chi connectivity index (χ1n) is 5.96. The number of amidine groups is 1. The van der Waals surface area contributed by atoms with Crippen molar-refractivity contribution in [2.24, 2.45) is 10.9 Å². The number of morpholine rings is 1. The molecule has 1 aromatic heterocycles. The van der Waals surface area contributed by atoms with E-state index in [2.05, 4.69) is 15.1 Å². The molecule has 0 aromatic carbocycles. The number of nitrogens with two attached hydrogens (primary N) is 1. The van der Waals surface area contributed by atoms with Crippen LogP contribution in [0, 0.1) is 0 Å². The molecule has 0 bridgehead atoms. The van der Waals surface area contributed by atoms with Gasteiger partial charge in [0.05, 0.1) is 13.2 Å². The minimum atomic E-state index is -0.420. The van der Waals surface area contributed by atoms with Crippen molar-refractivity contribution < 1.29 is 9.94 Å². The van der Waals surface area contributed by atoms with Gasteiger partial charge in [0.2, 0.25) is 5.95 Å². The molecule has 1 fully saturated rings. The number of anilines is 2. The van der Waals surface area contributed by atoms with E-state index in [0.29, 0.717) is 25.6 Å². The van der Waals surface area contributed by atoms with Crippen molar-refractivity contribution in [1.29, 1.82) is 0 Å². The second-order valence-electron chi connectivity index (χ2n) is 4.44. The zero-order valence-electron chi connectivity index (χ0n) is 11.0. The van der Waals surface area contributed by atoms with Crippen LogP contribution in [0.3, 0.4) is 0 Å². The molecular weight excluding hydrogens is 248 g/mol. The van der Waals surface area contributed by atoms with Crippen LogP contribution in [0.5, 0.6) is 0 Å². The molecule has 1 aliphatic rings. The molecular formula is C11H18N6O2. The summed E-state index contributed by atoms with van der Waals surface area (Å²) in [6.07, 6.45) is 1.29. The van der Waals surface area contributed by atoms with Crippen molar-refractivity contribution in [3.63, 3.8) is 0 Å². The highest BCUT2D eigenvalue weighted by Gasteiger charge is 2.25. The fourth-order valence-corrected chi connectivity index (χ4v) is 1.83. The fraction of sp³-hybridized carbons (Fsp3) is 0.545. The summed E-state index contributed by atoms with van der Waals surface area (Å²) in [4.78, 5) is 12.5. The van der Waals surface area contributed by atoms with Crippen LogP contribution in [0.15, 0.2) is 17.4 Å². The van der Waals surface area contributed by atoms with E-state index < -0.39 is 6.10 Å². The van der Waals surface area contributed by atoms with Crippen molar-refractivity contribution in [2.45, 2.75) is 6.10 Å². The van der Waals surface area contributed by atoms with E-state index in [9.17, 15) is 0 Å². The molecule has 1 aromatic rings. The first-order valence-corrected chi connectivity index (χ1v) is 5.96. The van der Waals surface area contributed by atoms with Crippen LogP contribution in [0.25, 0.3) is 0 Å². The first-order chi connectivity index (χ1) is 9.11. The lowest BCUT2D eigenvalue weighted by molar-refractivity contribution is 0.0804. The maximum Gasteiger partial charge on any atom is 0.226 e. The van der Waals surface area contributed by atoms with Crippen LogP contribution in [-0.4, -0.2) is 60.9 Å². The minimum absolute atomic E-state index is 0.0755. The topological polar surface area (TPSA) is 100 Å². The fourth-order valence-electron chi connectivity index (χ4n) is 1.83. The largest absolute Gasteiger partial charge is 0.409 e. The SMILES string of the molecule is CN(C)c1nccc(N2CCOC(C(N)=NO)C2)n1. The van der Waals surface area contributed by atoms with Crippen molar-refractivity contribution in [3.8, 4) is 0 Å². The predicted molar refractivity (Wildman–Crippen MR) is 71.7 cm³/mol. The van der Waals surface area contributed by atoms with Gasteiger partial charge in [-0.1, -0.05) is 5.16 Å². The zero-order valence-corrected chi connectivity index (χ0v) is 11.0. The van der Waals surface area contributed by atoms with Crippen LogP contribution >= 0.6 is 0 Å². The number of ether oxygens (including phenoxy) is 1. The maximum atomic E-state index is 8.69. The second-order valence-corrected chi connectivity index (χ2v) is 4.44. The van der Waals surface area contributed by atoms with Crippen molar-refractivity contribution >= 4 is 17.6 Å². The molecule has 0 radical (unpaired) electrons. The number of oxime groups is 1. The van der Waals surface area contributed by atoms with E-state index in [1.165, 1.54) is 0 Å². The predicted octanol–water partition coefficient (Wildman–Crippen LogP) is -0.506. The number of nitrogens with zero attached hydrogens (tertiary/aromatic N) is 5. The Kier molecular flexibility index (Phi) is 4.00. The number of rotatable bonds is 3. The summed E-state index contributed by atoms with van der Waals surface area (Å²) in [5.41, 5.74) is 5.57. The average Bonchev–Trinajstić information content (AvgIpc) is 2.46. The molecule has 1 unspecified atom stereocenters. The molecule has 1 aliphatic heterocycles. The van der Waals surface area contributed by atoms with E-state index in [1.54, 1.807) is 6.20 Å². The molecule has 8 nitrogen and oxygen atoms in total. The smallest absolute Gasteiger partial charge is 0.226 e. The Labute approximate surface area is 111 Å². The summed E-state index contributed by atoms with van der Waals surface area (Å²) in [5.74, 6) is 1.52. The molecule has 19 heavy (non-hydrogen) atoms. The maximum absolute atomic E-state index is 8.69. The van der Waals surface area contributed by atoms with E-state index >= 15 is 0 Å². The van der Waals surface area contributed by atoms with E-state index in [4.69, 9.17) is 15.7 Å². The Balaban J connectivity index is 2.15. The Bertz CT molecular complexity index is 464. The van der Waals surface area contributed by atoms with Gasteiger partial charge in [-0.2, -0.15) is 4.98 Å². The molecule has 104 valence electrons. The first kappa shape index (κ1) is 13.3. The third-order valence-electron chi connectivity index (χ3n) is 2.86. The third kappa shape index (κ3) is 3.02. The van der Waals surface area contributed by atoms with Gasteiger partial charge in [-0.05, 0) is 6.07 Å². The molecule has 0 spiro atoms. The molecule has 1 saturated heterocycles. The summed E-state index contributed by atoms with van der Waals surface area (Å²) in [6.45, 7) is 1.71. The number of aromatic nitrogens is 2. The van der Waals surface area contributed by atoms with Gasteiger partial charge in [-0.15, -0.1) is 0 Å². The highest BCUT2D eigenvalue weighted by atomic mass is 16.5. The summed E-state index contributed by atoms with van der Waals surface area (Å²) in [5, 5.41) is 11.7. The zero-order chi connectivity index (χ0) is 13.8. The second kappa shape index (κ2) is 5.70. The Morgan fingerprint density at radius 1 is 1.63 bits per heavy atom. The molecule has 3 N–H and O–H groups in total. The van der Waals surface area contributed by atoms with Gasteiger partial charge < -0.3 is 25.5 Å². The van der Waals surface area contributed by atoms with E-state index in [1.807, 2.05) is 30.0 Å². The van der Waals surface area contributed by atoms with Gasteiger partial charge in [0, 0.05) is 26.8 Å². The summed E-state index contributed by atoms with van der Waals surface area (Å²) in [7, 11) is 3.77. The standard InChI is InChI=1S/C11H18N6O2/c1-16(2)11-13-4-3-9(14-11)17-5-6-19-8(7-17)10(12)15-18/h3-4,8,18H,5-7H2,1-2H3,(H2,12,15). The van der Waals surface area contributed by atoms with Crippen LogP contribution in [0.1, 0.15) is 0 Å². The van der Waals surface area contributed by atoms with Crippen molar-refractivity contribution in [2.75, 3.05) is 43.6 Å². The van der Waals surface area contributed by atoms with Gasteiger partial charge in [0.15, 0.2) is 5.84 Å². The normalized spacial score (nSPS) is 20.4. The molecule has 0 aliphatic carbocycles. The lowest BCUT2D eigenvalue weighted by Gasteiger charge is -2.33. The van der Waals surface area contributed by atoms with Crippen LogP contribution in [0.2, 0.25) is 0 Å². The van der Waals surface area contributed by atoms with E-state index in [0.717, 1.165) is 5.82 Å². The highest BCUT2D eigenvalue weighted by Crippen LogP contribution is 2.17. The minimum Gasteiger partial charge on any atom is -0.409 e. The lowest BCUT2D eigenvalue weighted by atomic mass is 10.2. The van der Waals surface area contributed by atoms with Gasteiger partial charge in [-0.25, -0.2) is 4.98 Å². The Hall–Kier alpha value is -2.09. The Morgan fingerprint density at radius 2 is 2.42 bits per heavy atom. The monoisotopic (exact) mass is 266 g/mol. The summed E-state index contributed by atoms with van der Waals surface area (Å²) in [6, 6.07) is 1.83. The van der Waals surface area contributed by atoms with Crippen LogP contribution < -0.4 is 15.5 Å². The Morgan fingerprint density at radius 3 is 3.11 bits per heavy atom. The number of hydrogen-bond acceptors (Lipinski definition) is 7. The van der Waals surface area contributed by atoms with Crippen LogP contribution in [-0.2, 0) is 4.74 Å². The quantitative estimate of drug-likeness (QED) is 0.329. The van der Waals surface area contributed by atoms with Gasteiger partial charge in [-0.3, -0.25) is 0 Å². The lowest BCUT2D eigenvalue weighted by Crippen LogP contribution is -2.48. The van der Waals surface area contributed by atoms with Crippen molar-refractivity contribution in [3.05, 3.63) is 12.3 Å². The molecule has 0 amide bonds. The molecule has 8 heteroatoms. The molecule has 2 rings (SSSR count). The summed E-state index contributed by atoms with van der Waals surface area (Å²) < 4.78 is 5.45. The van der Waals surface area contributed by atoms with Gasteiger partial charge in [0.25, 0.3) is 0 Å². The molecule has 2 heterocycles. The van der Waals surface area contributed by atoms with Crippen LogP contribution in [0.4, 0.5) is 11.8 Å². The summed E-state index contributed by atoms with van der Waals surface area (Å²) >= 11 is 0. The third-order valence-corrected chi connectivity index (χ3v) is 2.86. The van der Waals surface area contributed by atoms with E-state index in [-0.39, 0.29) is 5.84 Å². The molecule has 0 saturated carbocycles. The molecule has 1 atom stereocenters. The van der Waals surface area contributed by atoms with Gasteiger partial charge >= 0.3 is 0 Å². The average molecular weight is 266 g/mol. The highest BCUT2D eigenvalue weighted by molar-refractivity contribution is 5.85.